The van der Waals surface area contributed by atoms with Crippen LogP contribution >= 0.6 is 0 Å². The van der Waals surface area contributed by atoms with E-state index in [0.717, 1.165) is 38.5 Å². The average Bonchev–Trinajstić information content (AvgIpc) is 3.35. The molecule has 2 aromatic rings. The lowest BCUT2D eigenvalue weighted by Gasteiger charge is -2.70. The lowest BCUT2D eigenvalue weighted by molar-refractivity contribution is -0.179. The molecule has 0 saturated heterocycles. The molecule has 1 N–H and O–H groups in total. The molecule has 9 atom stereocenters. The zero-order valence-electron chi connectivity index (χ0n) is 27.3. The van der Waals surface area contributed by atoms with E-state index in [1.165, 1.54) is 40.9 Å². The van der Waals surface area contributed by atoms with Crippen LogP contribution in [0.3, 0.4) is 0 Å². The normalized spacial score (nSPS) is 43.6. The number of nitrogens with zero attached hydrogens (tertiary/aromatic N) is 2. The number of aliphatic carboxylic acids is 1. The minimum absolute atomic E-state index is 0.00709. The summed E-state index contributed by atoms with van der Waals surface area (Å²) in [6.45, 7) is 19.7. The summed E-state index contributed by atoms with van der Waals surface area (Å²) < 4.78 is 2.24. The van der Waals surface area contributed by atoms with Gasteiger partial charge in [-0.05, 0) is 127 Å². The summed E-state index contributed by atoms with van der Waals surface area (Å²) in [7, 11) is 0. The molecule has 0 bridgehead atoms. The Morgan fingerprint density at radius 2 is 1.76 bits per heavy atom. The van der Waals surface area contributed by atoms with Crippen LogP contribution in [0.1, 0.15) is 110 Å². The number of allylic oxidation sites excluding steroid dienone is 2. The minimum Gasteiger partial charge on any atom is -0.481 e. The molecular weight excluding hydrogens is 516 g/mol. The van der Waals surface area contributed by atoms with Gasteiger partial charge in [0.2, 0.25) is 0 Å². The SMILES string of the molecule is Cc1cccc(-n2ncc3c2C(C)(C)C2CC[C@]4(C)[C@H](CC=C5C6[C@@H](C)[C@H](C)CC[C@]6(C(=O)O)CC[C@]54C)[C@@]2(C)C3)c1. The fourth-order valence-electron chi connectivity index (χ4n) is 12.4. The van der Waals surface area contributed by atoms with E-state index in [4.69, 9.17) is 5.10 Å². The summed E-state index contributed by atoms with van der Waals surface area (Å²) in [6, 6.07) is 8.77. The molecule has 3 fully saturated rings. The van der Waals surface area contributed by atoms with Gasteiger partial charge in [0.15, 0.2) is 0 Å². The third kappa shape index (κ3) is 3.36. The van der Waals surface area contributed by atoms with Crippen LogP contribution < -0.4 is 0 Å². The molecular formula is C38H52N2O2. The van der Waals surface area contributed by atoms with Crippen molar-refractivity contribution >= 4 is 5.97 Å². The molecule has 5 aliphatic carbocycles. The number of rotatable bonds is 2. The number of fused-ring (bicyclic) bond motifs is 8. The Labute approximate surface area is 253 Å². The first kappa shape index (κ1) is 28.4. The standard InChI is InChI=1S/C38H52N2O2/c1-23-10-9-11-27(20-23)40-32-26(22-39-40)21-35(6)29(34(32,4)5)15-16-37(8)30(35)13-12-28-31-25(3)24(2)14-17-38(31,33(41)42)19-18-36(28,37)7/h9-12,20,22,24-25,29-31H,13-19,21H2,1-8H3,(H,41,42)/t24-,25+,29?,30-,31?,35+,36-,37-,38+/m1/s1. The fraction of sp³-hybridized carbons (Fsp3) is 0.684. The minimum atomic E-state index is -0.576. The van der Waals surface area contributed by atoms with E-state index < -0.39 is 11.4 Å². The number of carboxylic acid groups (broad SMARTS) is 1. The van der Waals surface area contributed by atoms with Gasteiger partial charge in [0, 0.05) is 5.41 Å². The molecule has 1 heterocycles. The topological polar surface area (TPSA) is 55.1 Å². The first-order valence-electron chi connectivity index (χ1n) is 16.8. The summed E-state index contributed by atoms with van der Waals surface area (Å²) in [5.74, 6) is 1.76. The molecule has 7 rings (SSSR count). The van der Waals surface area contributed by atoms with Gasteiger partial charge in [-0.3, -0.25) is 4.79 Å². The van der Waals surface area contributed by atoms with Crippen molar-refractivity contribution in [1.82, 2.24) is 9.78 Å². The second-order valence-electron chi connectivity index (χ2n) is 16.8. The number of hydrogen-bond acceptors (Lipinski definition) is 2. The van der Waals surface area contributed by atoms with Crippen molar-refractivity contribution in [1.29, 1.82) is 0 Å². The summed E-state index contributed by atoms with van der Waals surface area (Å²) >= 11 is 0. The van der Waals surface area contributed by atoms with Gasteiger partial charge in [0.05, 0.1) is 23.0 Å². The highest BCUT2D eigenvalue weighted by Gasteiger charge is 2.69. The maximum absolute atomic E-state index is 13.0. The molecule has 226 valence electrons. The molecule has 0 radical (unpaired) electrons. The van der Waals surface area contributed by atoms with E-state index in [1.54, 1.807) is 0 Å². The zero-order valence-corrected chi connectivity index (χ0v) is 27.3. The Kier molecular flexibility index (Phi) is 5.99. The molecule has 5 aliphatic rings. The van der Waals surface area contributed by atoms with Crippen LogP contribution in [0.2, 0.25) is 0 Å². The zero-order chi connectivity index (χ0) is 30.0. The van der Waals surface area contributed by atoms with Crippen LogP contribution in [0.5, 0.6) is 0 Å². The third-order valence-electron chi connectivity index (χ3n) is 14.8. The van der Waals surface area contributed by atoms with Gasteiger partial charge in [-0.15, -0.1) is 0 Å². The molecule has 0 amide bonds. The molecule has 42 heavy (non-hydrogen) atoms. The first-order chi connectivity index (χ1) is 19.7. The Morgan fingerprint density at radius 1 is 1.00 bits per heavy atom. The second kappa shape index (κ2) is 8.85. The van der Waals surface area contributed by atoms with Crippen molar-refractivity contribution in [2.45, 2.75) is 112 Å². The van der Waals surface area contributed by atoms with Gasteiger partial charge in [0.25, 0.3) is 0 Å². The molecule has 4 heteroatoms. The summed E-state index contributed by atoms with van der Waals surface area (Å²) in [5, 5.41) is 15.7. The van der Waals surface area contributed by atoms with Gasteiger partial charge in [0.1, 0.15) is 0 Å². The smallest absolute Gasteiger partial charge is 0.310 e. The largest absolute Gasteiger partial charge is 0.481 e. The third-order valence-corrected chi connectivity index (χ3v) is 14.8. The Hall–Kier alpha value is -2.36. The summed E-state index contributed by atoms with van der Waals surface area (Å²) in [4.78, 5) is 13.0. The van der Waals surface area contributed by atoms with Crippen LogP contribution in [-0.2, 0) is 16.6 Å². The van der Waals surface area contributed by atoms with Crippen molar-refractivity contribution in [3.8, 4) is 5.69 Å². The molecule has 3 saturated carbocycles. The first-order valence-corrected chi connectivity index (χ1v) is 16.8. The van der Waals surface area contributed by atoms with Crippen molar-refractivity contribution in [3.05, 3.63) is 58.9 Å². The van der Waals surface area contributed by atoms with Crippen molar-refractivity contribution in [2.24, 2.45) is 51.2 Å². The average molecular weight is 569 g/mol. The summed E-state index contributed by atoms with van der Waals surface area (Å²) in [6.07, 6.45) is 13.1. The maximum Gasteiger partial charge on any atom is 0.310 e. The van der Waals surface area contributed by atoms with E-state index in [1.807, 2.05) is 0 Å². The number of aromatic nitrogens is 2. The van der Waals surface area contributed by atoms with E-state index in [2.05, 4.69) is 96.6 Å². The van der Waals surface area contributed by atoms with Gasteiger partial charge in [-0.25, -0.2) is 4.68 Å². The van der Waals surface area contributed by atoms with E-state index in [-0.39, 0.29) is 27.6 Å². The second-order valence-corrected chi connectivity index (χ2v) is 16.8. The van der Waals surface area contributed by atoms with Crippen molar-refractivity contribution in [2.75, 3.05) is 0 Å². The van der Waals surface area contributed by atoms with Crippen LogP contribution in [0.15, 0.2) is 42.1 Å². The Morgan fingerprint density at radius 3 is 2.48 bits per heavy atom. The van der Waals surface area contributed by atoms with Gasteiger partial charge >= 0.3 is 5.97 Å². The van der Waals surface area contributed by atoms with E-state index >= 15 is 0 Å². The lowest BCUT2D eigenvalue weighted by atomic mass is 9.33. The predicted octanol–water partition coefficient (Wildman–Crippen LogP) is 8.94. The van der Waals surface area contributed by atoms with E-state index in [0.29, 0.717) is 23.7 Å². The fourth-order valence-corrected chi connectivity index (χ4v) is 12.4. The Bertz CT molecular complexity index is 1480. The maximum atomic E-state index is 13.0. The van der Waals surface area contributed by atoms with Crippen molar-refractivity contribution < 1.29 is 9.90 Å². The molecule has 1 aromatic carbocycles. The van der Waals surface area contributed by atoms with Gasteiger partial charge in [-0.1, -0.05) is 72.2 Å². The molecule has 1 aromatic heterocycles. The lowest BCUT2D eigenvalue weighted by Crippen LogP contribution is -2.65. The monoisotopic (exact) mass is 568 g/mol. The number of benzene rings is 1. The van der Waals surface area contributed by atoms with Crippen LogP contribution in [0.25, 0.3) is 5.69 Å². The van der Waals surface area contributed by atoms with Gasteiger partial charge < -0.3 is 5.11 Å². The Balaban J connectivity index is 1.33. The molecule has 0 aliphatic heterocycles. The number of carboxylic acids is 1. The highest BCUT2D eigenvalue weighted by atomic mass is 16.4. The number of aryl methyl sites for hydroxylation is 1. The number of carbonyl (C=O) groups is 1. The highest BCUT2D eigenvalue weighted by molar-refractivity contribution is 5.76. The molecule has 4 nitrogen and oxygen atoms in total. The molecule has 2 unspecified atom stereocenters. The van der Waals surface area contributed by atoms with Crippen molar-refractivity contribution in [3.63, 3.8) is 0 Å². The van der Waals surface area contributed by atoms with Crippen LogP contribution in [0.4, 0.5) is 0 Å². The van der Waals surface area contributed by atoms with Crippen LogP contribution in [0, 0.1) is 58.2 Å². The predicted molar refractivity (Wildman–Crippen MR) is 169 cm³/mol. The molecule has 0 spiro atoms. The van der Waals surface area contributed by atoms with Gasteiger partial charge in [-0.2, -0.15) is 5.10 Å². The van der Waals surface area contributed by atoms with Crippen LogP contribution in [-0.4, -0.2) is 20.9 Å². The van der Waals surface area contributed by atoms with E-state index in [9.17, 15) is 9.90 Å². The quantitative estimate of drug-likeness (QED) is 0.368. The highest BCUT2D eigenvalue weighted by Crippen LogP contribution is 2.75. The number of hydrogen-bond donors (Lipinski definition) is 1. The summed E-state index contributed by atoms with van der Waals surface area (Å²) in [5.41, 5.74) is 6.61.